The van der Waals surface area contributed by atoms with Gasteiger partial charge >= 0.3 is 12.0 Å². The summed E-state index contributed by atoms with van der Waals surface area (Å²) >= 11 is 0. The van der Waals surface area contributed by atoms with Crippen molar-refractivity contribution in [2.24, 2.45) is 11.7 Å². The van der Waals surface area contributed by atoms with E-state index in [0.29, 0.717) is 47.0 Å². The molecule has 4 amide bonds. The van der Waals surface area contributed by atoms with E-state index in [-0.39, 0.29) is 19.8 Å². The van der Waals surface area contributed by atoms with Crippen LogP contribution in [0.1, 0.15) is 46.0 Å². The number of urea groups is 1. The average Bonchev–Trinajstić information content (AvgIpc) is 3.79. The summed E-state index contributed by atoms with van der Waals surface area (Å²) in [6.07, 6.45) is -0.848. The summed E-state index contributed by atoms with van der Waals surface area (Å²) in [5.41, 5.74) is 8.50. The molecule has 5 aromatic carbocycles. The second kappa shape index (κ2) is 17.7. The van der Waals surface area contributed by atoms with Crippen LogP contribution in [0.3, 0.4) is 0 Å². The number of cyclic esters (lactones) is 1. The zero-order valence-electron chi connectivity index (χ0n) is 34.2. The zero-order chi connectivity index (χ0) is 43.5. The van der Waals surface area contributed by atoms with Crippen molar-refractivity contribution in [3.05, 3.63) is 155 Å². The smallest absolute Gasteiger partial charge is 0.324 e. The highest BCUT2D eigenvalue weighted by Crippen LogP contribution is 2.65. The topological polar surface area (TPSA) is 185 Å². The van der Waals surface area contributed by atoms with E-state index in [1.807, 2.05) is 95.9 Å². The molecule has 0 aromatic heterocycles. The number of benzene rings is 5. The summed E-state index contributed by atoms with van der Waals surface area (Å²) in [5.74, 6) is 3.32. The third kappa shape index (κ3) is 7.71. The minimum absolute atomic E-state index is 0.0192. The van der Waals surface area contributed by atoms with E-state index in [1.54, 1.807) is 36.4 Å². The summed E-state index contributed by atoms with van der Waals surface area (Å²) in [4.78, 5) is 61.9. The molecule has 0 aliphatic carbocycles. The number of hydrogen-bond acceptors (Lipinski definition) is 10. The number of rotatable bonds is 10. The Morgan fingerprint density at radius 1 is 0.857 bits per heavy atom. The van der Waals surface area contributed by atoms with E-state index in [0.717, 1.165) is 29.9 Å². The number of nitrogens with zero attached hydrogens (tertiary/aromatic N) is 2. The molecule has 63 heavy (non-hydrogen) atoms. The van der Waals surface area contributed by atoms with Gasteiger partial charge in [-0.15, -0.1) is 0 Å². The van der Waals surface area contributed by atoms with Gasteiger partial charge in [-0.1, -0.05) is 84.6 Å². The monoisotopic (exact) mass is 846 g/mol. The zero-order valence-corrected chi connectivity index (χ0v) is 34.2. The van der Waals surface area contributed by atoms with Crippen molar-refractivity contribution in [1.29, 1.82) is 0 Å². The Hall–Kier alpha value is -7.18. The molecule has 320 valence electrons. The van der Waals surface area contributed by atoms with Crippen LogP contribution >= 0.6 is 0 Å². The number of fused-ring (bicyclic) bond motifs is 3. The van der Waals surface area contributed by atoms with Gasteiger partial charge in [-0.05, 0) is 76.9 Å². The Balaban J connectivity index is 1.27. The summed E-state index contributed by atoms with van der Waals surface area (Å²) in [7, 11) is 0. The quantitative estimate of drug-likeness (QED) is 0.0965. The van der Waals surface area contributed by atoms with E-state index in [9.17, 15) is 9.90 Å². The Morgan fingerprint density at radius 2 is 1.57 bits per heavy atom. The lowest BCUT2D eigenvalue weighted by molar-refractivity contribution is -0.177. The minimum Gasteiger partial charge on any atom is -0.491 e. The van der Waals surface area contributed by atoms with E-state index >= 15 is 14.4 Å². The first-order valence-electron chi connectivity index (χ1n) is 20.9. The molecule has 4 aliphatic heterocycles. The molecule has 0 saturated carbocycles. The van der Waals surface area contributed by atoms with Crippen LogP contribution in [0.2, 0.25) is 0 Å². The molecule has 3 fully saturated rings. The number of ether oxygens (including phenoxy) is 3. The van der Waals surface area contributed by atoms with E-state index in [4.69, 9.17) is 19.9 Å². The van der Waals surface area contributed by atoms with Crippen LogP contribution in [-0.2, 0) is 29.3 Å². The average molecular weight is 847 g/mol. The Morgan fingerprint density at radius 3 is 2.29 bits per heavy atom. The number of nitrogens with two attached hydrogens (primary N) is 1. The number of anilines is 3. The second-order valence-electron chi connectivity index (χ2n) is 15.8. The SMILES string of the molecule is NC(=O)NCC#Cc1ccc2c(c1)[C@]1(C(=O)N2)[C@H](c2cccc(OCCO)c2)N2[C@H](c3ccccc3)[C@H](c3ccccc3)OC(=O)[C@H]2[C@@H]1C(=O)Nc1ccc(N2CCOCC2)cc1. The summed E-state index contributed by atoms with van der Waals surface area (Å²) in [5, 5.41) is 18.4. The number of hydrogen-bond donors (Lipinski definition) is 5. The number of carbonyl (C=O) groups is 4. The number of carbonyl (C=O) groups excluding carboxylic acids is 4. The Labute approximate surface area is 364 Å². The fraction of sp³-hybridized carbons (Fsp3) is 0.265. The normalized spacial score (nSPS) is 23.7. The van der Waals surface area contributed by atoms with Crippen LogP contribution < -0.4 is 31.3 Å². The van der Waals surface area contributed by atoms with Gasteiger partial charge in [-0.2, -0.15) is 0 Å². The fourth-order valence-electron chi connectivity index (χ4n) is 9.68. The van der Waals surface area contributed by atoms with Crippen LogP contribution in [0.25, 0.3) is 0 Å². The number of amides is 4. The summed E-state index contributed by atoms with van der Waals surface area (Å²) in [6, 6.07) is 35.3. The number of aliphatic hydroxyl groups is 1. The van der Waals surface area contributed by atoms with E-state index in [1.165, 1.54) is 0 Å². The first-order valence-corrected chi connectivity index (χ1v) is 20.9. The first-order chi connectivity index (χ1) is 30.8. The Bertz CT molecular complexity index is 2580. The highest BCUT2D eigenvalue weighted by Gasteiger charge is 2.74. The van der Waals surface area contributed by atoms with Gasteiger partial charge in [0.05, 0.1) is 44.4 Å². The lowest BCUT2D eigenvalue weighted by Gasteiger charge is -2.46. The number of primary amides is 1. The molecule has 5 aromatic rings. The van der Waals surface area contributed by atoms with Crippen molar-refractivity contribution in [3.8, 4) is 17.6 Å². The fourth-order valence-corrected chi connectivity index (χ4v) is 9.68. The van der Waals surface area contributed by atoms with Crippen molar-refractivity contribution >= 4 is 40.9 Å². The highest BCUT2D eigenvalue weighted by molar-refractivity contribution is 6.13. The van der Waals surface area contributed by atoms with Gasteiger partial charge < -0.3 is 45.9 Å². The molecule has 6 N–H and O–H groups in total. The number of nitrogens with one attached hydrogen (secondary N) is 3. The first kappa shape index (κ1) is 41.2. The molecule has 6 atom stereocenters. The van der Waals surface area contributed by atoms with Gasteiger partial charge in [0.2, 0.25) is 11.8 Å². The van der Waals surface area contributed by atoms with Gasteiger partial charge in [-0.3, -0.25) is 19.3 Å². The van der Waals surface area contributed by atoms with E-state index in [2.05, 4.69) is 32.7 Å². The van der Waals surface area contributed by atoms with Crippen LogP contribution in [0.4, 0.5) is 21.9 Å². The van der Waals surface area contributed by atoms with Crippen LogP contribution in [0.15, 0.2) is 127 Å². The minimum atomic E-state index is -1.78. The number of esters is 1. The van der Waals surface area contributed by atoms with E-state index < -0.39 is 59.4 Å². The standard InChI is InChI=1S/C49H46N6O8/c50-48(60)51-22-8-9-31-16-21-39-38(29-31)49(47(59)53-39)40(45(57)52-35-17-19-36(20-18-35)54-23-26-61-27-24-54)42-46(58)63-43(33-12-5-2-6-13-33)41(32-10-3-1-4-11-32)55(42)44(49)34-14-7-15-37(30-34)62-28-25-56/h1-7,10-21,29-30,40-44,56H,22-28H2,(H,52,57)(H,53,59)(H3,50,51,60)/t40-,41-,42-,43+,44+,49-/m1/s1. The molecule has 4 heterocycles. The maximum atomic E-state index is 15.6. The molecule has 0 radical (unpaired) electrons. The number of morpholine rings is 2. The molecule has 0 bridgehead atoms. The van der Waals surface area contributed by atoms with Gasteiger partial charge in [0.25, 0.3) is 0 Å². The molecular weight excluding hydrogens is 801 g/mol. The molecule has 9 rings (SSSR count). The molecule has 3 saturated heterocycles. The largest absolute Gasteiger partial charge is 0.491 e. The molecular formula is C49H46N6O8. The van der Waals surface area contributed by atoms with Crippen LogP contribution in [-0.4, -0.2) is 85.9 Å². The maximum Gasteiger partial charge on any atom is 0.324 e. The van der Waals surface area contributed by atoms with Crippen molar-refractivity contribution < 1.29 is 38.5 Å². The van der Waals surface area contributed by atoms with Crippen molar-refractivity contribution in [2.45, 2.75) is 29.6 Å². The number of aliphatic hydroxyl groups excluding tert-OH is 1. The molecule has 14 nitrogen and oxygen atoms in total. The Kier molecular flexibility index (Phi) is 11.5. The lowest BCUT2D eigenvalue weighted by Crippen LogP contribution is -2.53. The second-order valence-corrected chi connectivity index (χ2v) is 15.8. The lowest BCUT2D eigenvalue weighted by atomic mass is 9.65. The predicted octanol–water partition coefficient (Wildman–Crippen LogP) is 4.82. The molecule has 14 heteroatoms. The van der Waals surface area contributed by atoms with Crippen LogP contribution in [0.5, 0.6) is 5.75 Å². The highest BCUT2D eigenvalue weighted by atomic mass is 16.6. The molecule has 4 aliphatic rings. The predicted molar refractivity (Wildman–Crippen MR) is 235 cm³/mol. The van der Waals surface area contributed by atoms with Gasteiger partial charge in [-0.25, -0.2) is 4.79 Å². The van der Waals surface area contributed by atoms with Crippen molar-refractivity contribution in [1.82, 2.24) is 10.2 Å². The van der Waals surface area contributed by atoms with Gasteiger partial charge in [0, 0.05) is 35.7 Å². The van der Waals surface area contributed by atoms with Crippen molar-refractivity contribution in [2.75, 3.05) is 61.6 Å². The van der Waals surface area contributed by atoms with Gasteiger partial charge in [0.15, 0.2) is 0 Å². The third-order valence-corrected chi connectivity index (χ3v) is 12.2. The maximum absolute atomic E-state index is 15.6. The third-order valence-electron chi connectivity index (χ3n) is 12.2. The molecule has 1 spiro atoms. The summed E-state index contributed by atoms with van der Waals surface area (Å²) in [6.45, 7) is 2.48. The van der Waals surface area contributed by atoms with Crippen molar-refractivity contribution in [3.63, 3.8) is 0 Å². The van der Waals surface area contributed by atoms with Gasteiger partial charge in [0.1, 0.15) is 29.9 Å². The van der Waals surface area contributed by atoms with Crippen LogP contribution in [0, 0.1) is 17.8 Å². The molecule has 0 unspecified atom stereocenters. The summed E-state index contributed by atoms with van der Waals surface area (Å²) < 4.78 is 18.0.